The average molecular weight is 194 g/mol. The number of rotatable bonds is 5. The van der Waals surface area contributed by atoms with Gasteiger partial charge in [-0.05, 0) is 12.6 Å². The lowest BCUT2D eigenvalue weighted by Crippen LogP contribution is -2.36. The first-order valence-corrected chi connectivity index (χ1v) is 6.33. The van der Waals surface area contributed by atoms with Gasteiger partial charge < -0.3 is 8.85 Å². The fourth-order valence-corrected chi connectivity index (χ4v) is 2.20. The zero-order chi connectivity index (χ0) is 8.91. The number of hydrogen-bond acceptors (Lipinski definition) is 3. The average Bonchev–Trinajstić information content (AvgIpc) is 2.00. The Bertz CT molecular complexity index is 136. The molecule has 0 saturated carbocycles. The van der Waals surface area contributed by atoms with E-state index in [1.165, 1.54) is 0 Å². The first-order chi connectivity index (χ1) is 5.04. The Balaban J connectivity index is 3.78. The molecule has 0 aromatic rings. The largest absolute Gasteiger partial charge is 0.398 e. The van der Waals surface area contributed by atoms with Crippen LogP contribution in [0.3, 0.4) is 0 Å². The maximum Gasteiger partial charge on any atom is 0.334 e. The van der Waals surface area contributed by atoms with Crippen molar-refractivity contribution < 1.29 is 13.6 Å². The van der Waals surface area contributed by atoms with Crippen LogP contribution in [0.15, 0.2) is 0 Å². The van der Waals surface area contributed by atoms with E-state index in [2.05, 4.69) is 12.6 Å². The number of carbonyl (C=O) groups excluding carboxylic acids is 1. The van der Waals surface area contributed by atoms with Crippen LogP contribution in [-0.4, -0.2) is 27.9 Å². The molecule has 0 fully saturated rings. The monoisotopic (exact) mass is 194 g/mol. The highest BCUT2D eigenvalue weighted by atomic mass is 32.1. The highest BCUT2D eigenvalue weighted by Crippen LogP contribution is 2.14. The van der Waals surface area contributed by atoms with Gasteiger partial charge in [-0.2, -0.15) is 0 Å². The second-order valence-corrected chi connectivity index (χ2v) is 6.52. The SMILES string of the molecule is CO[Si](C)(CCC(=O)S)OC. The van der Waals surface area contributed by atoms with E-state index in [0.29, 0.717) is 12.5 Å². The van der Waals surface area contributed by atoms with Crippen molar-refractivity contribution in [3.05, 3.63) is 0 Å². The van der Waals surface area contributed by atoms with E-state index in [1.54, 1.807) is 14.2 Å². The summed E-state index contributed by atoms with van der Waals surface area (Å²) >= 11 is 3.66. The van der Waals surface area contributed by atoms with Gasteiger partial charge in [0.05, 0.1) is 0 Å². The second kappa shape index (κ2) is 4.92. The lowest BCUT2D eigenvalue weighted by Gasteiger charge is -2.21. The van der Waals surface area contributed by atoms with E-state index in [0.717, 1.165) is 0 Å². The molecule has 0 aliphatic carbocycles. The van der Waals surface area contributed by atoms with Gasteiger partial charge in [-0.1, -0.05) is 0 Å². The number of carbonyl (C=O) groups is 1. The lowest BCUT2D eigenvalue weighted by atomic mass is 10.5. The van der Waals surface area contributed by atoms with E-state index in [1.807, 2.05) is 6.55 Å². The molecule has 11 heavy (non-hydrogen) atoms. The standard InChI is InChI=1S/C6H14O3SSi/c1-8-11(3,9-2)5-4-6(7)10/h4-5H2,1-3H3,(H,7,10). The Morgan fingerprint density at radius 1 is 1.45 bits per heavy atom. The molecule has 0 atom stereocenters. The molecule has 0 unspecified atom stereocenters. The maximum atomic E-state index is 10.5. The zero-order valence-corrected chi connectivity index (χ0v) is 8.98. The normalized spacial score (nSPS) is 11.6. The van der Waals surface area contributed by atoms with Crippen LogP contribution in [0.2, 0.25) is 12.6 Å². The molecule has 3 nitrogen and oxygen atoms in total. The van der Waals surface area contributed by atoms with Gasteiger partial charge in [0.25, 0.3) is 0 Å². The van der Waals surface area contributed by atoms with Crippen molar-refractivity contribution in [3.63, 3.8) is 0 Å². The van der Waals surface area contributed by atoms with E-state index < -0.39 is 8.56 Å². The van der Waals surface area contributed by atoms with Crippen LogP contribution in [0.4, 0.5) is 0 Å². The lowest BCUT2D eigenvalue weighted by molar-refractivity contribution is -0.110. The van der Waals surface area contributed by atoms with Crippen LogP contribution in [0.25, 0.3) is 0 Å². The minimum Gasteiger partial charge on any atom is -0.398 e. The van der Waals surface area contributed by atoms with Gasteiger partial charge in [0.2, 0.25) is 0 Å². The summed E-state index contributed by atoms with van der Waals surface area (Å²) in [5.74, 6) is 0. The molecule has 0 bridgehead atoms. The van der Waals surface area contributed by atoms with Crippen LogP contribution >= 0.6 is 12.6 Å². The molecule has 0 aromatic heterocycles. The van der Waals surface area contributed by atoms with Crippen molar-refractivity contribution in [1.29, 1.82) is 0 Å². The van der Waals surface area contributed by atoms with Crippen molar-refractivity contribution in [2.45, 2.75) is 19.0 Å². The highest BCUT2D eigenvalue weighted by molar-refractivity contribution is 7.96. The summed E-state index contributed by atoms with van der Waals surface area (Å²) in [4.78, 5) is 10.5. The van der Waals surface area contributed by atoms with Gasteiger partial charge in [-0.3, -0.25) is 4.79 Å². The van der Waals surface area contributed by atoms with E-state index in [4.69, 9.17) is 8.85 Å². The second-order valence-electron chi connectivity index (χ2n) is 2.44. The highest BCUT2D eigenvalue weighted by Gasteiger charge is 2.28. The van der Waals surface area contributed by atoms with Gasteiger partial charge in [-0.15, -0.1) is 12.6 Å². The van der Waals surface area contributed by atoms with Crippen molar-refractivity contribution in [2.24, 2.45) is 0 Å². The molecule has 0 saturated heterocycles. The molecule has 0 radical (unpaired) electrons. The molecule has 66 valence electrons. The molecular weight excluding hydrogens is 180 g/mol. The molecule has 0 rings (SSSR count). The Morgan fingerprint density at radius 3 is 2.18 bits per heavy atom. The molecule has 0 N–H and O–H groups in total. The molecule has 0 heterocycles. The Kier molecular flexibility index (Phi) is 4.99. The first kappa shape index (κ1) is 11.2. The van der Waals surface area contributed by atoms with Crippen LogP contribution < -0.4 is 0 Å². The summed E-state index contributed by atoms with van der Waals surface area (Å²) in [6.07, 6.45) is 0.424. The topological polar surface area (TPSA) is 35.5 Å². The van der Waals surface area contributed by atoms with Gasteiger partial charge in [-0.25, -0.2) is 0 Å². The number of thiol groups is 1. The smallest absolute Gasteiger partial charge is 0.334 e. The van der Waals surface area contributed by atoms with Gasteiger partial charge in [0.1, 0.15) is 0 Å². The van der Waals surface area contributed by atoms with Gasteiger partial charge in [0.15, 0.2) is 5.12 Å². The van der Waals surface area contributed by atoms with Crippen molar-refractivity contribution >= 4 is 26.3 Å². The number of hydrogen-bond donors (Lipinski definition) is 1. The van der Waals surface area contributed by atoms with Gasteiger partial charge in [0, 0.05) is 20.6 Å². The summed E-state index contributed by atoms with van der Waals surface area (Å²) in [6, 6.07) is 0.669. The molecule has 5 heteroatoms. The molecule has 0 aromatic carbocycles. The van der Waals surface area contributed by atoms with Crippen molar-refractivity contribution in [3.8, 4) is 0 Å². The fraction of sp³-hybridized carbons (Fsp3) is 0.833. The zero-order valence-electron chi connectivity index (χ0n) is 7.09. The fourth-order valence-electron chi connectivity index (χ4n) is 0.621. The third-order valence-corrected chi connectivity index (χ3v) is 4.77. The summed E-state index contributed by atoms with van der Waals surface area (Å²) in [6.45, 7) is 1.92. The Labute approximate surface area is 73.7 Å². The molecule has 0 aliphatic rings. The van der Waals surface area contributed by atoms with Gasteiger partial charge >= 0.3 is 8.56 Å². The minimum atomic E-state index is -2.03. The maximum absolute atomic E-state index is 10.5. The predicted octanol–water partition coefficient (Wildman–Crippen LogP) is 1.20. The third kappa shape index (κ3) is 4.57. The Morgan fingerprint density at radius 2 is 1.91 bits per heavy atom. The third-order valence-electron chi connectivity index (χ3n) is 1.66. The summed E-state index contributed by atoms with van der Waals surface area (Å²) in [7, 11) is 1.19. The van der Waals surface area contributed by atoms with Crippen LogP contribution in [0, 0.1) is 0 Å². The molecule has 0 aliphatic heterocycles. The summed E-state index contributed by atoms with van der Waals surface area (Å²) < 4.78 is 10.3. The molecule has 0 amide bonds. The van der Waals surface area contributed by atoms with Crippen LogP contribution in [-0.2, 0) is 13.6 Å². The van der Waals surface area contributed by atoms with Crippen molar-refractivity contribution in [1.82, 2.24) is 0 Å². The van der Waals surface area contributed by atoms with Crippen LogP contribution in [0.5, 0.6) is 0 Å². The Hall–Kier alpha value is 0.157. The first-order valence-electron chi connectivity index (χ1n) is 3.36. The van der Waals surface area contributed by atoms with E-state index in [-0.39, 0.29) is 5.12 Å². The quantitative estimate of drug-likeness (QED) is 0.527. The summed E-state index contributed by atoms with van der Waals surface area (Å²) in [5, 5.41) is -0.113. The molecule has 0 spiro atoms. The van der Waals surface area contributed by atoms with E-state index >= 15 is 0 Å². The minimum absolute atomic E-state index is 0.113. The van der Waals surface area contributed by atoms with Crippen LogP contribution in [0.1, 0.15) is 6.42 Å². The van der Waals surface area contributed by atoms with E-state index in [9.17, 15) is 4.79 Å². The molecular formula is C6H14O3SSi. The predicted molar refractivity (Wildman–Crippen MR) is 49.1 cm³/mol. The summed E-state index contributed by atoms with van der Waals surface area (Å²) in [5.41, 5.74) is 0. The van der Waals surface area contributed by atoms with Crippen molar-refractivity contribution in [2.75, 3.05) is 14.2 Å².